The smallest absolute Gasteiger partial charge is 0.152 e. The standard InChI is InChI=1S/C11H9ClN2O/c1-8-5-14(7-13-8)11-9(6-15)3-2-4-10(11)12/h2-7H,1H3. The van der Waals surface area contributed by atoms with Gasteiger partial charge in [0, 0.05) is 11.8 Å². The molecule has 0 radical (unpaired) electrons. The molecule has 0 saturated heterocycles. The Hall–Kier alpha value is -1.61. The summed E-state index contributed by atoms with van der Waals surface area (Å²) < 4.78 is 1.75. The molecule has 0 amide bonds. The first-order valence-electron chi connectivity index (χ1n) is 4.47. The van der Waals surface area contributed by atoms with Gasteiger partial charge in [-0.2, -0.15) is 0 Å². The van der Waals surface area contributed by atoms with Crippen LogP contribution >= 0.6 is 11.6 Å². The Bertz CT molecular complexity index is 505. The number of aldehydes is 1. The van der Waals surface area contributed by atoms with Gasteiger partial charge in [0.25, 0.3) is 0 Å². The van der Waals surface area contributed by atoms with Gasteiger partial charge >= 0.3 is 0 Å². The molecule has 76 valence electrons. The Morgan fingerprint density at radius 2 is 2.27 bits per heavy atom. The van der Waals surface area contributed by atoms with Crippen molar-refractivity contribution in [3.05, 3.63) is 47.0 Å². The lowest BCUT2D eigenvalue weighted by atomic mass is 10.2. The maximum Gasteiger partial charge on any atom is 0.152 e. The van der Waals surface area contributed by atoms with Crippen molar-refractivity contribution >= 4 is 17.9 Å². The maximum absolute atomic E-state index is 10.9. The van der Waals surface area contributed by atoms with Crippen LogP contribution < -0.4 is 0 Å². The fourth-order valence-corrected chi connectivity index (χ4v) is 1.72. The molecular weight excluding hydrogens is 212 g/mol. The molecule has 0 N–H and O–H groups in total. The maximum atomic E-state index is 10.9. The molecule has 15 heavy (non-hydrogen) atoms. The van der Waals surface area contributed by atoms with Gasteiger partial charge in [0.05, 0.1) is 22.7 Å². The average molecular weight is 221 g/mol. The summed E-state index contributed by atoms with van der Waals surface area (Å²) in [6.07, 6.45) is 4.26. The number of hydrogen-bond acceptors (Lipinski definition) is 2. The van der Waals surface area contributed by atoms with Crippen LogP contribution in [0.15, 0.2) is 30.7 Å². The Balaban J connectivity index is 2.65. The normalized spacial score (nSPS) is 10.3. The van der Waals surface area contributed by atoms with Gasteiger partial charge in [-0.1, -0.05) is 17.7 Å². The number of carbonyl (C=O) groups is 1. The number of rotatable bonds is 2. The number of para-hydroxylation sites is 1. The fraction of sp³-hybridized carbons (Fsp3) is 0.0909. The van der Waals surface area contributed by atoms with E-state index in [9.17, 15) is 4.79 Å². The van der Waals surface area contributed by atoms with Crippen molar-refractivity contribution in [2.45, 2.75) is 6.92 Å². The van der Waals surface area contributed by atoms with Gasteiger partial charge in [-0.15, -0.1) is 0 Å². The van der Waals surface area contributed by atoms with E-state index in [1.165, 1.54) is 0 Å². The summed E-state index contributed by atoms with van der Waals surface area (Å²) in [6.45, 7) is 1.88. The summed E-state index contributed by atoms with van der Waals surface area (Å²) in [5.41, 5.74) is 2.11. The molecule has 0 aliphatic carbocycles. The van der Waals surface area contributed by atoms with Crippen molar-refractivity contribution in [1.29, 1.82) is 0 Å². The first kappa shape index (κ1) is 9.93. The van der Waals surface area contributed by atoms with Crippen molar-refractivity contribution in [3.63, 3.8) is 0 Å². The van der Waals surface area contributed by atoms with E-state index >= 15 is 0 Å². The molecule has 0 aliphatic rings. The first-order valence-corrected chi connectivity index (χ1v) is 4.85. The van der Waals surface area contributed by atoms with Crippen molar-refractivity contribution in [1.82, 2.24) is 9.55 Å². The highest BCUT2D eigenvalue weighted by Crippen LogP contribution is 2.23. The highest BCUT2D eigenvalue weighted by atomic mass is 35.5. The van der Waals surface area contributed by atoms with Gasteiger partial charge < -0.3 is 4.57 Å². The lowest BCUT2D eigenvalue weighted by Crippen LogP contribution is -1.97. The molecule has 0 saturated carbocycles. The largest absolute Gasteiger partial charge is 0.304 e. The lowest BCUT2D eigenvalue weighted by Gasteiger charge is -2.07. The molecular formula is C11H9ClN2O. The van der Waals surface area contributed by atoms with Crippen LogP contribution in [0.3, 0.4) is 0 Å². The molecule has 0 fully saturated rings. The van der Waals surface area contributed by atoms with Crippen LogP contribution in [0.1, 0.15) is 16.1 Å². The van der Waals surface area contributed by atoms with E-state index in [0.717, 1.165) is 12.0 Å². The third-order valence-corrected chi connectivity index (χ3v) is 2.42. The number of aromatic nitrogens is 2. The van der Waals surface area contributed by atoms with Crippen molar-refractivity contribution in [2.24, 2.45) is 0 Å². The summed E-state index contributed by atoms with van der Waals surface area (Å²) in [7, 11) is 0. The fourth-order valence-electron chi connectivity index (χ4n) is 1.44. The Morgan fingerprint density at radius 1 is 1.47 bits per heavy atom. The van der Waals surface area contributed by atoms with Crippen molar-refractivity contribution < 1.29 is 4.79 Å². The second-order valence-electron chi connectivity index (χ2n) is 3.22. The number of hydrogen-bond donors (Lipinski definition) is 0. The van der Waals surface area contributed by atoms with E-state index < -0.39 is 0 Å². The molecule has 4 heteroatoms. The summed E-state index contributed by atoms with van der Waals surface area (Å²) in [5.74, 6) is 0. The number of aryl methyl sites for hydroxylation is 1. The second kappa shape index (κ2) is 3.87. The highest BCUT2D eigenvalue weighted by molar-refractivity contribution is 6.32. The first-order chi connectivity index (χ1) is 7.22. The van der Waals surface area contributed by atoms with E-state index in [1.54, 1.807) is 29.1 Å². The van der Waals surface area contributed by atoms with Crippen LogP contribution in [0.4, 0.5) is 0 Å². The minimum Gasteiger partial charge on any atom is -0.304 e. The van der Waals surface area contributed by atoms with E-state index in [0.29, 0.717) is 16.3 Å². The van der Waals surface area contributed by atoms with Crippen LogP contribution in [0, 0.1) is 6.92 Å². The van der Waals surface area contributed by atoms with Crippen LogP contribution in [0.5, 0.6) is 0 Å². The molecule has 0 atom stereocenters. The number of halogens is 1. The van der Waals surface area contributed by atoms with Crippen LogP contribution in [-0.4, -0.2) is 15.8 Å². The number of imidazole rings is 1. The minimum atomic E-state index is 0.539. The van der Waals surface area contributed by atoms with Gasteiger partial charge in [-0.25, -0.2) is 4.98 Å². The average Bonchev–Trinajstić information content (AvgIpc) is 2.64. The van der Waals surface area contributed by atoms with E-state index in [4.69, 9.17) is 11.6 Å². The molecule has 2 rings (SSSR count). The van der Waals surface area contributed by atoms with Gasteiger partial charge in [0.15, 0.2) is 6.29 Å². The van der Waals surface area contributed by atoms with Crippen LogP contribution in [0.25, 0.3) is 5.69 Å². The summed E-state index contributed by atoms with van der Waals surface area (Å²) in [6, 6.07) is 5.22. The van der Waals surface area contributed by atoms with Crippen LogP contribution in [-0.2, 0) is 0 Å². The topological polar surface area (TPSA) is 34.9 Å². The number of nitrogens with zero attached hydrogens (tertiary/aromatic N) is 2. The molecule has 1 heterocycles. The molecule has 0 aliphatic heterocycles. The summed E-state index contributed by atoms with van der Waals surface area (Å²) >= 11 is 6.04. The third-order valence-electron chi connectivity index (χ3n) is 2.11. The quantitative estimate of drug-likeness (QED) is 0.730. The lowest BCUT2D eigenvalue weighted by molar-refractivity contribution is 0.112. The van der Waals surface area contributed by atoms with Gasteiger partial charge in [-0.3, -0.25) is 4.79 Å². The molecule has 0 bridgehead atoms. The van der Waals surface area contributed by atoms with Crippen molar-refractivity contribution in [2.75, 3.05) is 0 Å². The van der Waals surface area contributed by atoms with E-state index in [1.807, 2.05) is 13.1 Å². The zero-order chi connectivity index (χ0) is 10.8. The van der Waals surface area contributed by atoms with E-state index in [-0.39, 0.29) is 0 Å². The van der Waals surface area contributed by atoms with Crippen LogP contribution in [0.2, 0.25) is 5.02 Å². The number of carbonyl (C=O) groups excluding carboxylic acids is 1. The Morgan fingerprint density at radius 3 is 2.87 bits per heavy atom. The zero-order valence-corrected chi connectivity index (χ0v) is 8.90. The number of benzene rings is 1. The van der Waals surface area contributed by atoms with E-state index in [2.05, 4.69) is 4.98 Å². The molecule has 2 aromatic rings. The third kappa shape index (κ3) is 1.78. The van der Waals surface area contributed by atoms with Gasteiger partial charge in [0.1, 0.15) is 0 Å². The van der Waals surface area contributed by atoms with Gasteiger partial charge in [0.2, 0.25) is 0 Å². The highest BCUT2D eigenvalue weighted by Gasteiger charge is 2.08. The monoisotopic (exact) mass is 220 g/mol. The second-order valence-corrected chi connectivity index (χ2v) is 3.63. The molecule has 1 aromatic carbocycles. The summed E-state index contributed by atoms with van der Waals surface area (Å²) in [4.78, 5) is 15.0. The SMILES string of the molecule is Cc1cn(-c2c(Cl)cccc2C=O)cn1. The Kier molecular flexibility index (Phi) is 2.56. The predicted octanol–water partition coefficient (Wildman–Crippen LogP) is 2.65. The molecule has 0 unspecified atom stereocenters. The molecule has 1 aromatic heterocycles. The zero-order valence-electron chi connectivity index (χ0n) is 8.14. The van der Waals surface area contributed by atoms with Crippen molar-refractivity contribution in [3.8, 4) is 5.69 Å². The minimum absolute atomic E-state index is 0.539. The van der Waals surface area contributed by atoms with Gasteiger partial charge in [-0.05, 0) is 19.1 Å². The Labute approximate surface area is 92.3 Å². The summed E-state index contributed by atoms with van der Waals surface area (Å²) in [5, 5.41) is 0.539. The molecule has 3 nitrogen and oxygen atoms in total. The predicted molar refractivity (Wildman–Crippen MR) is 58.7 cm³/mol. The molecule has 0 spiro atoms.